The first kappa shape index (κ1) is 14.3. The van der Waals surface area contributed by atoms with E-state index in [1.165, 1.54) is 11.1 Å². The number of aromatic nitrogens is 1. The van der Waals surface area contributed by atoms with Crippen LogP contribution >= 0.6 is 0 Å². The van der Waals surface area contributed by atoms with Crippen molar-refractivity contribution in [1.29, 1.82) is 0 Å². The summed E-state index contributed by atoms with van der Waals surface area (Å²) in [7, 11) is 0. The summed E-state index contributed by atoms with van der Waals surface area (Å²) >= 11 is 0. The summed E-state index contributed by atoms with van der Waals surface area (Å²) in [6.45, 7) is 8.25. The van der Waals surface area contributed by atoms with E-state index in [4.69, 9.17) is 5.73 Å². The molecule has 2 aromatic rings. The van der Waals surface area contributed by atoms with Gasteiger partial charge in [0.25, 0.3) is 5.91 Å². The van der Waals surface area contributed by atoms with Crippen LogP contribution in [0.4, 0.5) is 0 Å². The molecule has 1 aromatic heterocycles. The van der Waals surface area contributed by atoms with Crippen LogP contribution in [0, 0.1) is 13.8 Å². The maximum atomic E-state index is 11.4. The lowest BCUT2D eigenvalue weighted by Gasteiger charge is -2.17. The Morgan fingerprint density at radius 2 is 1.75 bits per heavy atom. The Balaban J connectivity index is 2.70. The maximum Gasteiger partial charge on any atom is 0.267 e. The maximum absolute atomic E-state index is 11.4. The van der Waals surface area contributed by atoms with Crippen molar-refractivity contribution in [3.8, 4) is 11.1 Å². The quantitative estimate of drug-likeness (QED) is 0.924. The van der Waals surface area contributed by atoms with Gasteiger partial charge in [-0.3, -0.25) is 4.79 Å². The number of benzene rings is 1. The molecular formula is C17H20N2O. The highest BCUT2D eigenvalue weighted by Gasteiger charge is 2.16. The molecule has 20 heavy (non-hydrogen) atoms. The fourth-order valence-electron chi connectivity index (χ4n) is 2.51. The third-order valence-corrected chi connectivity index (χ3v) is 3.44. The summed E-state index contributed by atoms with van der Waals surface area (Å²) in [5, 5.41) is 0. The van der Waals surface area contributed by atoms with Crippen LogP contribution in [0.25, 0.3) is 11.1 Å². The van der Waals surface area contributed by atoms with Gasteiger partial charge in [-0.25, -0.2) is 4.98 Å². The van der Waals surface area contributed by atoms with Crippen LogP contribution in [0.15, 0.2) is 30.3 Å². The lowest BCUT2D eigenvalue weighted by Crippen LogP contribution is -2.15. The van der Waals surface area contributed by atoms with Crippen LogP contribution in [0.3, 0.4) is 0 Å². The van der Waals surface area contributed by atoms with Crippen molar-refractivity contribution in [2.75, 3.05) is 0 Å². The minimum Gasteiger partial charge on any atom is -0.364 e. The summed E-state index contributed by atoms with van der Waals surface area (Å²) in [6.07, 6.45) is 0. The zero-order valence-electron chi connectivity index (χ0n) is 12.4. The Bertz CT molecular complexity index is 643. The monoisotopic (exact) mass is 268 g/mol. The minimum atomic E-state index is -0.489. The average Bonchev–Trinajstić information content (AvgIpc) is 2.38. The fraction of sp³-hybridized carbons (Fsp3) is 0.294. The molecule has 1 heterocycles. The van der Waals surface area contributed by atoms with E-state index in [-0.39, 0.29) is 0 Å². The van der Waals surface area contributed by atoms with Crippen LogP contribution in [-0.4, -0.2) is 10.9 Å². The normalized spacial score (nSPS) is 10.8. The lowest BCUT2D eigenvalue weighted by atomic mass is 9.90. The van der Waals surface area contributed by atoms with Crippen molar-refractivity contribution in [3.63, 3.8) is 0 Å². The fourth-order valence-corrected chi connectivity index (χ4v) is 2.51. The zero-order chi connectivity index (χ0) is 14.9. The second-order valence-corrected chi connectivity index (χ2v) is 5.44. The van der Waals surface area contributed by atoms with Gasteiger partial charge in [-0.2, -0.15) is 0 Å². The molecule has 0 aliphatic rings. The number of pyridine rings is 1. The number of carbonyl (C=O) groups is 1. The molecule has 2 rings (SSSR count). The first-order chi connectivity index (χ1) is 9.40. The van der Waals surface area contributed by atoms with Crippen molar-refractivity contribution in [3.05, 3.63) is 52.8 Å². The molecule has 2 N–H and O–H groups in total. The van der Waals surface area contributed by atoms with Gasteiger partial charge in [-0.15, -0.1) is 0 Å². The topological polar surface area (TPSA) is 56.0 Å². The number of rotatable bonds is 3. The van der Waals surface area contributed by atoms with Crippen molar-refractivity contribution in [1.82, 2.24) is 4.98 Å². The molecule has 0 aliphatic carbocycles. The third kappa shape index (κ3) is 2.72. The molecule has 1 amide bonds. The van der Waals surface area contributed by atoms with Gasteiger partial charge in [0.05, 0.1) is 0 Å². The average molecular weight is 268 g/mol. The number of hydrogen-bond donors (Lipinski definition) is 1. The zero-order valence-corrected chi connectivity index (χ0v) is 12.4. The number of nitrogens with two attached hydrogens (primary N) is 1. The van der Waals surface area contributed by atoms with Gasteiger partial charge in [-0.05, 0) is 42.5 Å². The summed E-state index contributed by atoms with van der Waals surface area (Å²) in [5.74, 6) is -0.155. The van der Waals surface area contributed by atoms with Gasteiger partial charge in [0.2, 0.25) is 0 Å². The molecule has 0 bridgehead atoms. The van der Waals surface area contributed by atoms with Crippen LogP contribution in [0.1, 0.15) is 47.1 Å². The molecule has 0 aliphatic heterocycles. The number of nitrogens with zero attached hydrogens (tertiary/aromatic N) is 1. The number of carbonyl (C=O) groups excluding carboxylic acids is 1. The first-order valence-electron chi connectivity index (χ1n) is 6.78. The van der Waals surface area contributed by atoms with Crippen LogP contribution in [0.5, 0.6) is 0 Å². The van der Waals surface area contributed by atoms with Crippen LogP contribution in [-0.2, 0) is 0 Å². The predicted octanol–water partition coefficient (Wildman–Crippen LogP) is 3.59. The molecule has 0 spiro atoms. The van der Waals surface area contributed by atoms with Gasteiger partial charge in [0.15, 0.2) is 0 Å². The van der Waals surface area contributed by atoms with E-state index >= 15 is 0 Å². The van der Waals surface area contributed by atoms with Crippen LogP contribution in [0.2, 0.25) is 0 Å². The Morgan fingerprint density at radius 3 is 2.25 bits per heavy atom. The van der Waals surface area contributed by atoms with E-state index in [2.05, 4.69) is 50.0 Å². The van der Waals surface area contributed by atoms with Crippen molar-refractivity contribution >= 4 is 5.91 Å². The third-order valence-electron chi connectivity index (χ3n) is 3.44. The van der Waals surface area contributed by atoms with Gasteiger partial charge < -0.3 is 5.73 Å². The van der Waals surface area contributed by atoms with Crippen molar-refractivity contribution in [2.24, 2.45) is 5.73 Å². The Labute approximate surface area is 119 Å². The molecule has 3 nitrogen and oxygen atoms in total. The standard InChI is InChI=1S/C17H20N2O/c1-10(2)16-12(4)19-15(17(18)20)9-14(16)13-7-5-11(3)6-8-13/h5-10H,1-4H3,(H2,18,20). The molecule has 0 saturated carbocycles. The Morgan fingerprint density at radius 1 is 1.15 bits per heavy atom. The molecule has 0 saturated heterocycles. The number of amides is 1. The minimum absolute atomic E-state index is 0.322. The summed E-state index contributed by atoms with van der Waals surface area (Å²) < 4.78 is 0. The molecule has 3 heteroatoms. The lowest BCUT2D eigenvalue weighted by molar-refractivity contribution is 0.0995. The SMILES string of the molecule is Cc1ccc(-c2cc(C(N)=O)nc(C)c2C(C)C)cc1. The van der Waals surface area contributed by atoms with E-state index < -0.39 is 5.91 Å². The van der Waals surface area contributed by atoms with E-state index in [0.717, 1.165) is 16.8 Å². The Hall–Kier alpha value is -2.16. The van der Waals surface area contributed by atoms with Gasteiger partial charge in [-0.1, -0.05) is 43.7 Å². The molecule has 0 radical (unpaired) electrons. The van der Waals surface area contributed by atoms with E-state index in [9.17, 15) is 4.79 Å². The van der Waals surface area contributed by atoms with E-state index in [0.29, 0.717) is 11.6 Å². The van der Waals surface area contributed by atoms with Crippen LogP contribution < -0.4 is 5.73 Å². The molecular weight excluding hydrogens is 248 g/mol. The van der Waals surface area contributed by atoms with Gasteiger partial charge in [0.1, 0.15) is 5.69 Å². The van der Waals surface area contributed by atoms with E-state index in [1.807, 2.05) is 6.92 Å². The number of aryl methyl sites for hydroxylation is 2. The molecule has 1 aromatic carbocycles. The second kappa shape index (κ2) is 5.45. The highest BCUT2D eigenvalue weighted by atomic mass is 16.1. The van der Waals surface area contributed by atoms with Crippen molar-refractivity contribution < 1.29 is 4.79 Å². The highest BCUT2D eigenvalue weighted by molar-refractivity contribution is 5.92. The van der Waals surface area contributed by atoms with E-state index in [1.54, 1.807) is 6.07 Å². The summed E-state index contributed by atoms with van der Waals surface area (Å²) in [4.78, 5) is 15.8. The highest BCUT2D eigenvalue weighted by Crippen LogP contribution is 2.31. The first-order valence-corrected chi connectivity index (χ1v) is 6.78. The summed E-state index contributed by atoms with van der Waals surface area (Å²) in [6, 6.07) is 10.1. The molecule has 104 valence electrons. The largest absolute Gasteiger partial charge is 0.364 e. The second-order valence-electron chi connectivity index (χ2n) is 5.44. The number of hydrogen-bond acceptors (Lipinski definition) is 2. The summed E-state index contributed by atoms with van der Waals surface area (Å²) in [5.41, 5.74) is 11.1. The van der Waals surface area contributed by atoms with Crippen molar-refractivity contribution in [2.45, 2.75) is 33.6 Å². The molecule has 0 fully saturated rings. The molecule has 0 atom stereocenters. The Kier molecular flexibility index (Phi) is 3.89. The van der Waals surface area contributed by atoms with Gasteiger partial charge in [0, 0.05) is 5.69 Å². The number of primary amides is 1. The molecule has 0 unspecified atom stereocenters. The predicted molar refractivity (Wildman–Crippen MR) is 81.8 cm³/mol. The van der Waals surface area contributed by atoms with Gasteiger partial charge >= 0.3 is 0 Å². The smallest absolute Gasteiger partial charge is 0.267 e.